The Balaban J connectivity index is 1.49. The smallest absolute Gasteiger partial charge is 0.263 e. The number of aromatic amines is 1. The molecular weight excluding hydrogens is 466 g/mol. The normalized spacial score (nSPS) is 14.0. The van der Waals surface area contributed by atoms with E-state index in [1.165, 1.54) is 6.20 Å². The Morgan fingerprint density at radius 3 is 2.66 bits per heavy atom. The molecule has 8 nitrogen and oxygen atoms in total. The van der Waals surface area contributed by atoms with Gasteiger partial charge < -0.3 is 30.2 Å². The number of aromatic nitrogens is 1. The van der Waals surface area contributed by atoms with E-state index < -0.39 is 11.5 Å². The quantitative estimate of drug-likeness (QED) is 0.441. The molecule has 3 aromatic rings. The summed E-state index contributed by atoms with van der Waals surface area (Å²) in [6.07, 6.45) is 2.22. The number of piperazine rings is 1. The fourth-order valence-corrected chi connectivity index (χ4v) is 4.35. The van der Waals surface area contributed by atoms with Gasteiger partial charge in [-0.05, 0) is 55.4 Å². The van der Waals surface area contributed by atoms with Crippen LogP contribution in [0.25, 0.3) is 0 Å². The molecule has 0 radical (unpaired) electrons. The summed E-state index contributed by atoms with van der Waals surface area (Å²) in [7, 11) is 3.74. The highest BCUT2D eigenvalue weighted by Gasteiger charge is 2.20. The minimum absolute atomic E-state index is 0.0376. The zero-order valence-corrected chi connectivity index (χ0v) is 20.7. The molecule has 35 heavy (non-hydrogen) atoms. The SMILES string of the molecule is COc1ccc(NC(=O)c2c(NCCc3cccc(Cl)c3)cc[nH]c2=O)cc1N1CCN(C)CC1. The summed E-state index contributed by atoms with van der Waals surface area (Å²) < 4.78 is 5.56. The highest BCUT2D eigenvalue weighted by Crippen LogP contribution is 2.32. The molecule has 1 saturated heterocycles. The lowest BCUT2D eigenvalue weighted by Gasteiger charge is -2.35. The number of ether oxygens (including phenoxy) is 1. The third-order valence-electron chi connectivity index (χ3n) is 6.09. The molecule has 2 heterocycles. The van der Waals surface area contributed by atoms with Crippen LogP contribution in [0.5, 0.6) is 5.75 Å². The van der Waals surface area contributed by atoms with E-state index >= 15 is 0 Å². The van der Waals surface area contributed by atoms with Crippen molar-refractivity contribution in [2.24, 2.45) is 0 Å². The second kappa shape index (κ2) is 11.3. The number of hydrogen-bond acceptors (Lipinski definition) is 6. The molecule has 4 rings (SSSR count). The third-order valence-corrected chi connectivity index (χ3v) is 6.32. The molecule has 2 aromatic carbocycles. The number of methoxy groups -OCH3 is 1. The minimum atomic E-state index is -0.480. The Morgan fingerprint density at radius 1 is 1.11 bits per heavy atom. The lowest BCUT2D eigenvalue weighted by Crippen LogP contribution is -2.44. The number of likely N-dealkylation sites (N-methyl/N-ethyl adjacent to an activating group) is 1. The highest BCUT2D eigenvalue weighted by atomic mass is 35.5. The number of nitrogens with one attached hydrogen (secondary N) is 3. The van der Waals surface area contributed by atoms with Gasteiger partial charge in [0.25, 0.3) is 11.5 Å². The average Bonchev–Trinajstić information content (AvgIpc) is 2.84. The summed E-state index contributed by atoms with van der Waals surface area (Å²) in [5.74, 6) is 0.264. The molecule has 1 aliphatic heterocycles. The number of pyridine rings is 1. The lowest BCUT2D eigenvalue weighted by atomic mass is 10.1. The van der Waals surface area contributed by atoms with E-state index in [1.54, 1.807) is 19.2 Å². The molecule has 0 bridgehead atoms. The number of rotatable bonds is 8. The standard InChI is InChI=1S/C26H30ClN5O3/c1-31-12-14-32(15-13-31)22-17-20(6-7-23(22)35-2)30-26(34)24-21(9-11-29-25(24)33)28-10-8-18-4-3-5-19(27)16-18/h3-7,9,11,16-17H,8,10,12-15H2,1-2H3,(H,30,34)(H2,28,29,33). The monoisotopic (exact) mass is 495 g/mol. The number of anilines is 3. The summed E-state index contributed by atoms with van der Waals surface area (Å²) >= 11 is 6.06. The summed E-state index contributed by atoms with van der Waals surface area (Å²) in [6.45, 7) is 4.17. The lowest BCUT2D eigenvalue weighted by molar-refractivity contribution is 0.102. The van der Waals surface area contributed by atoms with Gasteiger partial charge in [0.2, 0.25) is 0 Å². The number of halogens is 1. The highest BCUT2D eigenvalue weighted by molar-refractivity contribution is 6.30. The van der Waals surface area contributed by atoms with Crippen LogP contribution in [-0.2, 0) is 6.42 Å². The van der Waals surface area contributed by atoms with E-state index in [0.29, 0.717) is 29.4 Å². The van der Waals surface area contributed by atoms with E-state index in [9.17, 15) is 9.59 Å². The maximum atomic E-state index is 13.2. The van der Waals surface area contributed by atoms with Crippen LogP contribution in [0, 0.1) is 0 Å². The molecule has 184 valence electrons. The second-order valence-corrected chi connectivity index (χ2v) is 8.97. The molecule has 0 aliphatic carbocycles. The van der Waals surface area contributed by atoms with Gasteiger partial charge in [0.15, 0.2) is 0 Å². The van der Waals surface area contributed by atoms with E-state index in [1.807, 2.05) is 36.4 Å². The van der Waals surface area contributed by atoms with Crippen molar-refractivity contribution in [2.45, 2.75) is 6.42 Å². The molecule has 0 saturated carbocycles. The van der Waals surface area contributed by atoms with Crippen molar-refractivity contribution in [3.63, 3.8) is 0 Å². The first kappa shape index (κ1) is 24.6. The van der Waals surface area contributed by atoms with Crippen LogP contribution in [0.1, 0.15) is 15.9 Å². The van der Waals surface area contributed by atoms with Crippen LogP contribution in [-0.4, -0.2) is 62.7 Å². The van der Waals surface area contributed by atoms with Crippen LogP contribution in [0.3, 0.4) is 0 Å². The maximum Gasteiger partial charge on any atom is 0.263 e. The first-order valence-corrected chi connectivity index (χ1v) is 12.0. The van der Waals surface area contributed by atoms with Crippen LogP contribution < -0.4 is 25.8 Å². The van der Waals surface area contributed by atoms with E-state index in [4.69, 9.17) is 16.3 Å². The predicted octanol–water partition coefficient (Wildman–Crippen LogP) is 3.70. The molecule has 0 atom stereocenters. The second-order valence-electron chi connectivity index (χ2n) is 8.53. The van der Waals surface area contributed by atoms with Crippen molar-refractivity contribution in [1.82, 2.24) is 9.88 Å². The van der Waals surface area contributed by atoms with Crippen molar-refractivity contribution in [2.75, 3.05) is 62.4 Å². The minimum Gasteiger partial charge on any atom is -0.495 e. The summed E-state index contributed by atoms with van der Waals surface area (Å²) in [5.41, 5.74) is 2.63. The van der Waals surface area contributed by atoms with Gasteiger partial charge >= 0.3 is 0 Å². The Bertz CT molecular complexity index is 1240. The first-order chi connectivity index (χ1) is 16.9. The molecular formula is C26H30ClN5O3. The number of nitrogens with zero attached hydrogens (tertiary/aromatic N) is 2. The van der Waals surface area contributed by atoms with E-state index in [0.717, 1.165) is 43.2 Å². The van der Waals surface area contributed by atoms with Gasteiger partial charge in [0, 0.05) is 49.6 Å². The average molecular weight is 496 g/mol. The Morgan fingerprint density at radius 2 is 1.91 bits per heavy atom. The van der Waals surface area contributed by atoms with Gasteiger partial charge in [-0.25, -0.2) is 0 Å². The number of amides is 1. The maximum absolute atomic E-state index is 13.2. The van der Waals surface area contributed by atoms with Gasteiger partial charge in [-0.2, -0.15) is 0 Å². The van der Waals surface area contributed by atoms with Gasteiger partial charge in [-0.3, -0.25) is 9.59 Å². The predicted molar refractivity (Wildman–Crippen MR) is 141 cm³/mol. The van der Waals surface area contributed by atoms with Crippen molar-refractivity contribution in [1.29, 1.82) is 0 Å². The topological polar surface area (TPSA) is 89.7 Å². The molecule has 1 amide bonds. The fraction of sp³-hybridized carbons (Fsp3) is 0.308. The Kier molecular flexibility index (Phi) is 7.94. The molecule has 0 unspecified atom stereocenters. The molecule has 9 heteroatoms. The van der Waals surface area contributed by atoms with E-state index in [2.05, 4.69) is 32.5 Å². The van der Waals surface area contributed by atoms with Crippen molar-refractivity contribution in [3.8, 4) is 5.75 Å². The van der Waals surface area contributed by atoms with E-state index in [-0.39, 0.29) is 5.56 Å². The number of hydrogen-bond donors (Lipinski definition) is 3. The van der Waals surface area contributed by atoms with Crippen molar-refractivity contribution in [3.05, 3.63) is 81.2 Å². The number of carbonyl (C=O) groups excluding carboxylic acids is 1. The van der Waals surface area contributed by atoms with Gasteiger partial charge in [0.05, 0.1) is 18.5 Å². The Hall–Kier alpha value is -3.49. The van der Waals surface area contributed by atoms with Gasteiger partial charge in [-0.1, -0.05) is 23.7 Å². The molecule has 1 aliphatic rings. The van der Waals surface area contributed by atoms with Crippen molar-refractivity contribution >= 4 is 34.6 Å². The van der Waals surface area contributed by atoms with Crippen LogP contribution in [0.15, 0.2) is 59.5 Å². The molecule has 1 fully saturated rings. The Labute approximate surface area is 209 Å². The van der Waals surface area contributed by atoms with Gasteiger partial charge in [0.1, 0.15) is 11.3 Å². The summed E-state index contributed by atoms with van der Waals surface area (Å²) in [6, 6.07) is 14.8. The zero-order chi connectivity index (χ0) is 24.8. The largest absolute Gasteiger partial charge is 0.495 e. The van der Waals surface area contributed by atoms with Crippen LogP contribution in [0.4, 0.5) is 17.1 Å². The first-order valence-electron chi connectivity index (χ1n) is 11.6. The number of H-pyrrole nitrogens is 1. The zero-order valence-electron chi connectivity index (χ0n) is 19.9. The number of benzene rings is 2. The van der Waals surface area contributed by atoms with Crippen molar-refractivity contribution < 1.29 is 9.53 Å². The third kappa shape index (κ3) is 6.15. The molecule has 3 N–H and O–H groups in total. The molecule has 1 aromatic heterocycles. The summed E-state index contributed by atoms with van der Waals surface area (Å²) in [5, 5.41) is 6.78. The van der Waals surface area contributed by atoms with Crippen LogP contribution >= 0.6 is 11.6 Å². The summed E-state index contributed by atoms with van der Waals surface area (Å²) in [4.78, 5) is 32.9. The van der Waals surface area contributed by atoms with Crippen LogP contribution in [0.2, 0.25) is 5.02 Å². The van der Waals surface area contributed by atoms with Gasteiger partial charge in [-0.15, -0.1) is 0 Å². The number of carbonyl (C=O) groups is 1. The fourth-order valence-electron chi connectivity index (χ4n) is 4.14. The molecule has 0 spiro atoms.